The topological polar surface area (TPSA) is 69.7 Å². The van der Waals surface area contributed by atoms with E-state index in [0.29, 0.717) is 36.8 Å². The first-order chi connectivity index (χ1) is 13.0. The molecule has 0 spiro atoms. The first kappa shape index (κ1) is 20.6. The Morgan fingerprint density at radius 3 is 2.56 bits per heavy atom. The second kappa shape index (κ2) is 9.37. The van der Waals surface area contributed by atoms with Crippen molar-refractivity contribution in [3.05, 3.63) is 34.9 Å². The van der Waals surface area contributed by atoms with Crippen LogP contribution in [0.3, 0.4) is 0 Å². The minimum Gasteiger partial charge on any atom is -0.335 e. The van der Waals surface area contributed by atoms with Crippen LogP contribution in [-0.2, 0) is 10.0 Å². The Balaban J connectivity index is 1.74. The zero-order valence-corrected chi connectivity index (χ0v) is 17.1. The summed E-state index contributed by atoms with van der Waals surface area (Å²) in [5, 5.41) is 3.68. The first-order valence-corrected chi connectivity index (χ1v) is 11.7. The number of nitrogens with zero attached hydrogens (tertiary/aromatic N) is 2. The van der Waals surface area contributed by atoms with E-state index in [0.717, 1.165) is 25.7 Å². The molecule has 2 aliphatic rings. The Bertz CT molecular complexity index is 744. The number of hydrogen-bond acceptors (Lipinski definition) is 4. The van der Waals surface area contributed by atoms with Crippen LogP contribution in [0.15, 0.2) is 24.3 Å². The number of nitrogens with one attached hydrogen (secondary N) is 1. The second-order valence-electron chi connectivity index (χ2n) is 7.27. The van der Waals surface area contributed by atoms with Gasteiger partial charge in [0.05, 0.1) is 5.75 Å². The van der Waals surface area contributed by atoms with Crippen LogP contribution in [-0.4, -0.2) is 68.0 Å². The maximum Gasteiger partial charge on any atom is 0.254 e. The lowest BCUT2D eigenvalue weighted by Gasteiger charge is -2.35. The number of carbonyl (C=O) groups excluding carboxylic acids is 1. The smallest absolute Gasteiger partial charge is 0.254 e. The normalized spacial score (nSPS) is 19.7. The van der Waals surface area contributed by atoms with Crippen LogP contribution in [0.2, 0.25) is 5.02 Å². The van der Waals surface area contributed by atoms with Crippen molar-refractivity contribution in [1.29, 1.82) is 0 Å². The first-order valence-electron chi connectivity index (χ1n) is 9.72. The number of hydrogen-bond donors (Lipinski definition) is 1. The van der Waals surface area contributed by atoms with E-state index < -0.39 is 10.0 Å². The lowest BCUT2D eigenvalue weighted by Crippen LogP contribution is -2.49. The van der Waals surface area contributed by atoms with Crippen molar-refractivity contribution >= 4 is 27.5 Å². The van der Waals surface area contributed by atoms with E-state index >= 15 is 0 Å². The summed E-state index contributed by atoms with van der Waals surface area (Å²) in [6.45, 7) is 2.56. The third-order valence-corrected chi connectivity index (χ3v) is 7.49. The van der Waals surface area contributed by atoms with Gasteiger partial charge in [0.25, 0.3) is 5.91 Å². The summed E-state index contributed by atoms with van der Waals surface area (Å²) in [5.41, 5.74) is 0.521. The molecule has 8 heteroatoms. The standard InChI is InChI=1S/C19H28ClN3O3S/c20-17-6-4-5-16(15-17)19(24)23(18-7-2-1-3-8-18)13-14-27(25,26)22-11-9-21-10-12-22/h4-6,15,18,21H,1-3,7-14H2. The van der Waals surface area contributed by atoms with Gasteiger partial charge in [0.2, 0.25) is 10.0 Å². The molecule has 1 aromatic carbocycles. The van der Waals surface area contributed by atoms with E-state index in [1.807, 2.05) is 0 Å². The summed E-state index contributed by atoms with van der Waals surface area (Å²) in [4.78, 5) is 14.9. The van der Waals surface area contributed by atoms with Crippen LogP contribution in [0.4, 0.5) is 0 Å². The van der Waals surface area contributed by atoms with Crippen LogP contribution >= 0.6 is 11.6 Å². The van der Waals surface area contributed by atoms with Crippen LogP contribution in [0.25, 0.3) is 0 Å². The summed E-state index contributed by atoms with van der Waals surface area (Å²) in [7, 11) is -3.37. The van der Waals surface area contributed by atoms with Crippen LogP contribution in [0.5, 0.6) is 0 Å². The molecule has 1 aliphatic carbocycles. The van der Waals surface area contributed by atoms with E-state index in [2.05, 4.69) is 5.32 Å². The Morgan fingerprint density at radius 2 is 1.89 bits per heavy atom. The van der Waals surface area contributed by atoms with Crippen molar-refractivity contribution < 1.29 is 13.2 Å². The highest BCUT2D eigenvalue weighted by molar-refractivity contribution is 7.89. The third-order valence-electron chi connectivity index (χ3n) is 5.41. The van der Waals surface area contributed by atoms with Crippen molar-refractivity contribution in [3.63, 3.8) is 0 Å². The Hall–Kier alpha value is -1.15. The van der Waals surface area contributed by atoms with Crippen LogP contribution < -0.4 is 5.32 Å². The van der Waals surface area contributed by atoms with Gasteiger partial charge in [-0.25, -0.2) is 8.42 Å². The molecule has 1 N–H and O–H groups in total. The van der Waals surface area contributed by atoms with Gasteiger partial charge >= 0.3 is 0 Å². The molecular weight excluding hydrogens is 386 g/mol. The Kier molecular flexibility index (Phi) is 7.14. The van der Waals surface area contributed by atoms with Gasteiger partial charge in [0, 0.05) is 49.4 Å². The number of carbonyl (C=O) groups is 1. The summed E-state index contributed by atoms with van der Waals surface area (Å²) < 4.78 is 27.0. The number of piperazine rings is 1. The molecule has 1 heterocycles. The summed E-state index contributed by atoms with van der Waals surface area (Å²) in [6, 6.07) is 6.99. The molecule has 1 aromatic rings. The lowest BCUT2D eigenvalue weighted by molar-refractivity contribution is 0.0649. The van der Waals surface area contributed by atoms with Crippen LogP contribution in [0, 0.1) is 0 Å². The van der Waals surface area contributed by atoms with Gasteiger partial charge in [0.1, 0.15) is 0 Å². The fourth-order valence-corrected chi connectivity index (χ4v) is 5.51. The van der Waals surface area contributed by atoms with Crippen molar-refractivity contribution in [2.75, 3.05) is 38.5 Å². The van der Waals surface area contributed by atoms with E-state index in [9.17, 15) is 13.2 Å². The number of amides is 1. The maximum absolute atomic E-state index is 13.1. The van der Waals surface area contributed by atoms with Crippen molar-refractivity contribution in [2.45, 2.75) is 38.1 Å². The largest absolute Gasteiger partial charge is 0.335 e. The van der Waals surface area contributed by atoms with E-state index in [1.165, 1.54) is 10.7 Å². The average molecular weight is 414 g/mol. The van der Waals surface area contributed by atoms with Gasteiger partial charge in [-0.1, -0.05) is 36.9 Å². The fourth-order valence-electron chi connectivity index (χ4n) is 3.90. The molecule has 150 valence electrons. The Morgan fingerprint density at radius 1 is 1.19 bits per heavy atom. The van der Waals surface area contributed by atoms with Gasteiger partial charge in [-0.2, -0.15) is 4.31 Å². The quantitative estimate of drug-likeness (QED) is 0.777. The Labute approximate surface area is 166 Å². The zero-order chi connectivity index (χ0) is 19.3. The fraction of sp³-hybridized carbons (Fsp3) is 0.632. The van der Waals surface area contributed by atoms with Crippen molar-refractivity contribution in [3.8, 4) is 0 Å². The summed E-state index contributed by atoms with van der Waals surface area (Å²) in [5.74, 6) is -0.157. The molecule has 1 amide bonds. The second-order valence-corrected chi connectivity index (χ2v) is 9.79. The molecule has 2 fully saturated rings. The third kappa shape index (κ3) is 5.44. The van der Waals surface area contributed by atoms with E-state index in [-0.39, 0.29) is 24.2 Å². The molecule has 0 bridgehead atoms. The molecule has 0 unspecified atom stereocenters. The minimum absolute atomic E-state index is 0.0319. The lowest BCUT2D eigenvalue weighted by atomic mass is 9.93. The molecule has 1 aliphatic heterocycles. The van der Waals surface area contributed by atoms with Gasteiger partial charge in [-0.3, -0.25) is 4.79 Å². The molecule has 27 heavy (non-hydrogen) atoms. The zero-order valence-electron chi connectivity index (χ0n) is 15.6. The van der Waals surface area contributed by atoms with Crippen molar-refractivity contribution in [2.24, 2.45) is 0 Å². The molecule has 0 radical (unpaired) electrons. The highest BCUT2D eigenvalue weighted by Gasteiger charge is 2.30. The van der Waals surface area contributed by atoms with E-state index in [4.69, 9.17) is 11.6 Å². The highest BCUT2D eigenvalue weighted by Crippen LogP contribution is 2.25. The molecule has 3 rings (SSSR count). The molecule has 1 saturated heterocycles. The molecular formula is C19H28ClN3O3S. The number of sulfonamides is 1. The number of halogens is 1. The van der Waals surface area contributed by atoms with Crippen LogP contribution in [0.1, 0.15) is 42.5 Å². The molecule has 1 saturated carbocycles. The van der Waals surface area contributed by atoms with E-state index in [1.54, 1.807) is 29.2 Å². The minimum atomic E-state index is -3.37. The van der Waals surface area contributed by atoms with Gasteiger partial charge < -0.3 is 10.2 Å². The van der Waals surface area contributed by atoms with Gasteiger partial charge in [0.15, 0.2) is 0 Å². The maximum atomic E-state index is 13.1. The highest BCUT2D eigenvalue weighted by atomic mass is 35.5. The number of rotatable bonds is 6. The SMILES string of the molecule is O=C(c1cccc(Cl)c1)N(CCS(=O)(=O)N1CCNCC1)C1CCCCC1. The predicted molar refractivity (Wildman–Crippen MR) is 108 cm³/mol. The monoisotopic (exact) mass is 413 g/mol. The molecule has 0 atom stereocenters. The predicted octanol–water partition coefficient (Wildman–Crippen LogP) is 2.35. The van der Waals surface area contributed by atoms with Crippen molar-refractivity contribution in [1.82, 2.24) is 14.5 Å². The average Bonchev–Trinajstić information content (AvgIpc) is 2.69. The number of benzene rings is 1. The molecule has 0 aromatic heterocycles. The molecule has 6 nitrogen and oxygen atoms in total. The van der Waals surface area contributed by atoms with Gasteiger partial charge in [-0.05, 0) is 31.0 Å². The summed E-state index contributed by atoms with van der Waals surface area (Å²) in [6.07, 6.45) is 5.19. The summed E-state index contributed by atoms with van der Waals surface area (Å²) >= 11 is 6.05. The van der Waals surface area contributed by atoms with Gasteiger partial charge in [-0.15, -0.1) is 0 Å².